The van der Waals surface area contributed by atoms with Gasteiger partial charge >= 0.3 is 0 Å². The summed E-state index contributed by atoms with van der Waals surface area (Å²) in [6.07, 6.45) is 3.55. The van der Waals surface area contributed by atoms with Gasteiger partial charge in [0.25, 0.3) is 0 Å². The molecule has 0 radical (unpaired) electrons. The predicted octanol–water partition coefficient (Wildman–Crippen LogP) is 6.32. The van der Waals surface area contributed by atoms with Crippen LogP contribution in [0, 0.1) is 0 Å². The third kappa shape index (κ3) is 7.78. The lowest BCUT2D eigenvalue weighted by atomic mass is 9.86. The molecule has 3 rings (SSSR count). The van der Waals surface area contributed by atoms with Crippen molar-refractivity contribution in [1.82, 2.24) is 4.90 Å². The third-order valence-corrected chi connectivity index (χ3v) is 6.08. The molecule has 0 spiro atoms. The van der Waals surface area contributed by atoms with E-state index in [9.17, 15) is 4.79 Å². The fourth-order valence-corrected chi connectivity index (χ4v) is 3.72. The maximum atomic E-state index is 12.9. The van der Waals surface area contributed by atoms with Crippen LogP contribution in [0.2, 0.25) is 0 Å². The van der Waals surface area contributed by atoms with E-state index in [1.54, 1.807) is 6.08 Å². The fraction of sp³-hybridized carbons (Fsp3) is 0.464. The lowest BCUT2D eigenvalue weighted by molar-refractivity contribution is -0.111. The second-order valence-electron chi connectivity index (χ2n) is 10.0. The molecular formula is C28H39ClN2O3. The van der Waals surface area contributed by atoms with Gasteiger partial charge in [-0.2, -0.15) is 0 Å². The van der Waals surface area contributed by atoms with Gasteiger partial charge in [0.05, 0.1) is 0 Å². The number of carbonyl (C=O) groups excluding carboxylic acids is 1. The number of benzene rings is 2. The van der Waals surface area contributed by atoms with Crippen LogP contribution >= 0.6 is 12.4 Å². The highest BCUT2D eigenvalue weighted by Gasteiger charge is 2.15. The molecule has 0 saturated heterocycles. The zero-order valence-electron chi connectivity index (χ0n) is 21.3. The highest BCUT2D eigenvalue weighted by molar-refractivity contribution is 6.04. The standard InChI is InChI=1S/C28H38N2O3.ClH/c1-20(2)30(6)15-7-8-22(21-9-11-23(12-10-21)28(3,4)5)18-27(31)29-24-13-14-25-26(19-24)33-17-16-32-25;/h9-14,18-20H,7-8,15-17H2,1-6H3,(H,29,31);1H/b22-18+;. The van der Waals surface area contributed by atoms with Gasteiger partial charge in [0.1, 0.15) is 13.2 Å². The summed E-state index contributed by atoms with van der Waals surface area (Å²) in [5, 5.41) is 2.98. The molecule has 34 heavy (non-hydrogen) atoms. The summed E-state index contributed by atoms with van der Waals surface area (Å²) >= 11 is 0. The van der Waals surface area contributed by atoms with E-state index in [2.05, 4.69) is 76.1 Å². The minimum Gasteiger partial charge on any atom is -0.486 e. The number of amides is 1. The van der Waals surface area contributed by atoms with Crippen molar-refractivity contribution in [3.63, 3.8) is 0 Å². The molecule has 1 heterocycles. The maximum absolute atomic E-state index is 12.9. The van der Waals surface area contributed by atoms with E-state index in [-0.39, 0.29) is 23.7 Å². The molecule has 0 saturated carbocycles. The summed E-state index contributed by atoms with van der Waals surface area (Å²) in [5.41, 5.74) is 4.21. The van der Waals surface area contributed by atoms with E-state index in [0.717, 1.165) is 30.5 Å². The van der Waals surface area contributed by atoms with Crippen molar-refractivity contribution in [2.45, 2.75) is 58.9 Å². The Hall–Kier alpha value is -2.50. The molecule has 2 aromatic carbocycles. The number of carbonyl (C=O) groups is 1. The van der Waals surface area contributed by atoms with Crippen molar-refractivity contribution in [3.8, 4) is 11.5 Å². The average molecular weight is 487 g/mol. The topological polar surface area (TPSA) is 50.8 Å². The van der Waals surface area contributed by atoms with Crippen molar-refractivity contribution in [2.24, 2.45) is 0 Å². The van der Waals surface area contributed by atoms with E-state index in [4.69, 9.17) is 9.47 Å². The molecule has 1 N–H and O–H groups in total. The molecular weight excluding hydrogens is 448 g/mol. The van der Waals surface area contributed by atoms with Gasteiger partial charge in [-0.3, -0.25) is 4.79 Å². The number of hydrogen-bond donors (Lipinski definition) is 1. The molecule has 5 nitrogen and oxygen atoms in total. The molecule has 6 heteroatoms. The van der Waals surface area contributed by atoms with Crippen LogP contribution in [0.25, 0.3) is 5.57 Å². The zero-order valence-corrected chi connectivity index (χ0v) is 22.1. The minimum absolute atomic E-state index is 0. The van der Waals surface area contributed by atoms with Crippen LogP contribution in [-0.4, -0.2) is 43.7 Å². The number of nitrogens with one attached hydrogen (secondary N) is 1. The second-order valence-corrected chi connectivity index (χ2v) is 10.0. The molecule has 0 unspecified atom stereocenters. The van der Waals surface area contributed by atoms with Gasteiger partial charge < -0.3 is 19.7 Å². The van der Waals surface area contributed by atoms with Crippen LogP contribution in [0.15, 0.2) is 48.5 Å². The first-order chi connectivity index (χ1) is 15.6. The van der Waals surface area contributed by atoms with Crippen molar-refractivity contribution in [2.75, 3.05) is 32.1 Å². The zero-order chi connectivity index (χ0) is 24.0. The Morgan fingerprint density at radius 2 is 1.71 bits per heavy atom. The number of hydrogen-bond acceptors (Lipinski definition) is 4. The van der Waals surface area contributed by atoms with Gasteiger partial charge in [0, 0.05) is 23.9 Å². The Kier molecular flexibility index (Phi) is 10.0. The maximum Gasteiger partial charge on any atom is 0.248 e. The van der Waals surface area contributed by atoms with Crippen LogP contribution in [-0.2, 0) is 10.2 Å². The van der Waals surface area contributed by atoms with Gasteiger partial charge in [0.2, 0.25) is 5.91 Å². The number of ether oxygens (including phenoxy) is 2. The Morgan fingerprint density at radius 1 is 1.06 bits per heavy atom. The summed E-state index contributed by atoms with van der Waals surface area (Å²) in [5.74, 6) is 1.24. The van der Waals surface area contributed by atoms with Crippen LogP contribution < -0.4 is 14.8 Å². The fourth-order valence-electron chi connectivity index (χ4n) is 3.72. The first-order valence-corrected chi connectivity index (χ1v) is 11.9. The number of nitrogens with zero attached hydrogens (tertiary/aromatic N) is 1. The van der Waals surface area contributed by atoms with Crippen LogP contribution in [0.3, 0.4) is 0 Å². The van der Waals surface area contributed by atoms with Crippen molar-refractivity contribution in [3.05, 3.63) is 59.7 Å². The molecule has 0 bridgehead atoms. The van der Waals surface area contributed by atoms with E-state index >= 15 is 0 Å². The first kappa shape index (κ1) is 27.7. The smallest absolute Gasteiger partial charge is 0.248 e. The summed E-state index contributed by atoms with van der Waals surface area (Å²) in [6.45, 7) is 13.1. The largest absolute Gasteiger partial charge is 0.486 e. The lowest BCUT2D eigenvalue weighted by Gasteiger charge is -2.22. The Balaban J connectivity index is 0.00000408. The molecule has 1 aliphatic heterocycles. The highest BCUT2D eigenvalue weighted by atomic mass is 35.5. The molecule has 186 valence electrons. The Bertz CT molecular complexity index is 978. The third-order valence-electron chi connectivity index (χ3n) is 6.08. The summed E-state index contributed by atoms with van der Waals surface area (Å²) in [6, 6.07) is 14.6. The van der Waals surface area contributed by atoms with E-state index in [0.29, 0.717) is 36.4 Å². The Labute approximate surface area is 210 Å². The van der Waals surface area contributed by atoms with Gasteiger partial charge in [-0.1, -0.05) is 45.0 Å². The van der Waals surface area contributed by atoms with Gasteiger partial charge in [0.15, 0.2) is 11.5 Å². The predicted molar refractivity (Wildman–Crippen MR) is 143 cm³/mol. The number of anilines is 1. The molecule has 2 aromatic rings. The molecule has 0 fully saturated rings. The lowest BCUT2D eigenvalue weighted by Crippen LogP contribution is -2.27. The summed E-state index contributed by atoms with van der Waals surface area (Å²) in [4.78, 5) is 15.3. The Morgan fingerprint density at radius 3 is 2.32 bits per heavy atom. The first-order valence-electron chi connectivity index (χ1n) is 11.9. The molecule has 0 aromatic heterocycles. The van der Waals surface area contributed by atoms with Crippen molar-refractivity contribution in [1.29, 1.82) is 0 Å². The number of rotatable bonds is 8. The molecule has 0 atom stereocenters. The monoisotopic (exact) mass is 486 g/mol. The van der Waals surface area contributed by atoms with Gasteiger partial charge in [-0.15, -0.1) is 12.4 Å². The van der Waals surface area contributed by atoms with Crippen LogP contribution in [0.5, 0.6) is 11.5 Å². The quantitative estimate of drug-likeness (QED) is 0.443. The second kappa shape index (κ2) is 12.3. The molecule has 1 aliphatic rings. The SMILES string of the molecule is CC(C)N(C)CCC/C(=C\C(=O)Nc1ccc2c(c1)OCCO2)c1ccc(C(C)(C)C)cc1.Cl. The average Bonchev–Trinajstić information content (AvgIpc) is 2.77. The molecule has 0 aliphatic carbocycles. The normalized spacial score (nSPS) is 13.6. The summed E-state index contributed by atoms with van der Waals surface area (Å²) < 4.78 is 11.2. The van der Waals surface area contributed by atoms with Crippen molar-refractivity contribution < 1.29 is 14.3 Å². The minimum atomic E-state index is -0.140. The van der Waals surface area contributed by atoms with E-state index in [1.807, 2.05) is 18.2 Å². The molecule has 1 amide bonds. The van der Waals surface area contributed by atoms with Gasteiger partial charge in [-0.25, -0.2) is 0 Å². The van der Waals surface area contributed by atoms with E-state index in [1.165, 1.54) is 5.56 Å². The van der Waals surface area contributed by atoms with Gasteiger partial charge in [-0.05, 0) is 74.5 Å². The van der Waals surface area contributed by atoms with E-state index < -0.39 is 0 Å². The summed E-state index contributed by atoms with van der Waals surface area (Å²) in [7, 11) is 2.14. The highest BCUT2D eigenvalue weighted by Crippen LogP contribution is 2.33. The van der Waals surface area contributed by atoms with Crippen LogP contribution in [0.4, 0.5) is 5.69 Å². The number of halogens is 1. The number of fused-ring (bicyclic) bond motifs is 1. The number of allylic oxidation sites excluding steroid dienone is 1. The van der Waals surface area contributed by atoms with Crippen LogP contribution in [0.1, 0.15) is 58.6 Å². The van der Waals surface area contributed by atoms with Crippen molar-refractivity contribution >= 4 is 29.6 Å².